The normalized spacial score (nSPS) is 19.0. The number of oxazole rings is 1. The van der Waals surface area contributed by atoms with Gasteiger partial charge in [0, 0.05) is 6.04 Å². The number of para-hydroxylation sites is 2. The Kier molecular flexibility index (Phi) is 4.70. The predicted octanol–water partition coefficient (Wildman–Crippen LogP) is 4.95. The smallest absolute Gasteiger partial charge is 0.209 e. The fourth-order valence-electron chi connectivity index (χ4n) is 3.72. The van der Waals surface area contributed by atoms with Crippen LogP contribution in [0, 0.1) is 0 Å². The Hall–Kier alpha value is -2.33. The molecule has 130 valence electrons. The maximum absolute atomic E-state index is 5.96. The first-order chi connectivity index (χ1) is 12.3. The average molecular weight is 336 g/mol. The van der Waals surface area contributed by atoms with Gasteiger partial charge >= 0.3 is 0 Å². The van der Waals surface area contributed by atoms with Gasteiger partial charge in [0.2, 0.25) is 5.89 Å². The van der Waals surface area contributed by atoms with Crippen LogP contribution in [0.3, 0.4) is 0 Å². The number of ether oxygens (including phenoxy) is 1. The molecule has 1 saturated heterocycles. The molecule has 0 N–H and O–H groups in total. The number of fused-ring (bicyclic) bond motifs is 1. The molecule has 0 aliphatic carbocycles. The summed E-state index contributed by atoms with van der Waals surface area (Å²) >= 11 is 0. The van der Waals surface area contributed by atoms with E-state index < -0.39 is 0 Å². The Morgan fingerprint density at radius 2 is 1.92 bits per heavy atom. The third-order valence-corrected chi connectivity index (χ3v) is 5.04. The van der Waals surface area contributed by atoms with Crippen molar-refractivity contribution in [3.8, 4) is 5.75 Å². The molecule has 0 spiro atoms. The monoisotopic (exact) mass is 336 g/mol. The molecule has 2 heterocycles. The van der Waals surface area contributed by atoms with Crippen molar-refractivity contribution in [3.05, 3.63) is 60.0 Å². The minimum absolute atomic E-state index is 0.406. The van der Waals surface area contributed by atoms with Gasteiger partial charge < -0.3 is 9.15 Å². The number of methoxy groups -OCH3 is 1. The highest BCUT2D eigenvalue weighted by molar-refractivity contribution is 5.72. The van der Waals surface area contributed by atoms with E-state index in [1.54, 1.807) is 7.11 Å². The van der Waals surface area contributed by atoms with Crippen LogP contribution in [-0.2, 0) is 6.54 Å². The number of hydrogen-bond acceptors (Lipinski definition) is 4. The maximum atomic E-state index is 5.96. The van der Waals surface area contributed by atoms with Gasteiger partial charge in [-0.15, -0.1) is 0 Å². The molecule has 0 radical (unpaired) electrons. The molecule has 0 bridgehead atoms. The van der Waals surface area contributed by atoms with E-state index in [0.29, 0.717) is 6.04 Å². The zero-order chi connectivity index (χ0) is 17.1. The van der Waals surface area contributed by atoms with E-state index in [0.717, 1.165) is 35.8 Å². The molecule has 25 heavy (non-hydrogen) atoms. The summed E-state index contributed by atoms with van der Waals surface area (Å²) in [6.45, 7) is 1.83. The van der Waals surface area contributed by atoms with Crippen LogP contribution in [0.5, 0.6) is 5.75 Å². The van der Waals surface area contributed by atoms with Crippen LogP contribution in [0.4, 0.5) is 0 Å². The number of aromatic nitrogens is 1. The maximum Gasteiger partial charge on any atom is 0.209 e. The van der Waals surface area contributed by atoms with E-state index in [9.17, 15) is 0 Å². The Balaban J connectivity index is 1.59. The summed E-state index contributed by atoms with van der Waals surface area (Å²) in [5, 5.41) is 0. The second-order valence-electron chi connectivity index (χ2n) is 6.68. The van der Waals surface area contributed by atoms with Crippen LogP contribution in [0.25, 0.3) is 11.1 Å². The SMILES string of the molecule is COc1ccc(C2CCCCCN2Cc2nc3ccccc3o2)cc1. The second kappa shape index (κ2) is 7.28. The minimum Gasteiger partial charge on any atom is -0.497 e. The van der Waals surface area contributed by atoms with Crippen molar-refractivity contribution < 1.29 is 9.15 Å². The van der Waals surface area contributed by atoms with Crippen LogP contribution in [0.1, 0.15) is 43.2 Å². The molecule has 1 aliphatic heterocycles. The topological polar surface area (TPSA) is 38.5 Å². The van der Waals surface area contributed by atoms with E-state index in [1.165, 1.54) is 31.2 Å². The average Bonchev–Trinajstić information content (AvgIpc) is 2.92. The minimum atomic E-state index is 0.406. The van der Waals surface area contributed by atoms with Crippen LogP contribution in [0.15, 0.2) is 52.9 Å². The summed E-state index contributed by atoms with van der Waals surface area (Å²) in [6.07, 6.45) is 4.96. The van der Waals surface area contributed by atoms with Crippen molar-refractivity contribution in [3.63, 3.8) is 0 Å². The van der Waals surface area contributed by atoms with E-state index in [4.69, 9.17) is 9.15 Å². The lowest BCUT2D eigenvalue weighted by atomic mass is 10.0. The van der Waals surface area contributed by atoms with Gasteiger partial charge in [0.15, 0.2) is 5.58 Å². The fraction of sp³-hybridized carbons (Fsp3) is 0.381. The zero-order valence-electron chi connectivity index (χ0n) is 14.6. The Labute approximate surface area is 148 Å². The molecular weight excluding hydrogens is 312 g/mol. The van der Waals surface area contributed by atoms with Crippen molar-refractivity contribution in [1.29, 1.82) is 0 Å². The molecular formula is C21H24N2O2. The molecule has 1 unspecified atom stereocenters. The van der Waals surface area contributed by atoms with E-state index in [-0.39, 0.29) is 0 Å². The lowest BCUT2D eigenvalue weighted by Crippen LogP contribution is -2.28. The summed E-state index contributed by atoms with van der Waals surface area (Å²) in [7, 11) is 1.71. The van der Waals surface area contributed by atoms with Crippen molar-refractivity contribution in [2.75, 3.05) is 13.7 Å². The highest BCUT2D eigenvalue weighted by Crippen LogP contribution is 2.32. The number of nitrogens with zero attached hydrogens (tertiary/aromatic N) is 2. The van der Waals surface area contributed by atoms with Gasteiger partial charge in [0.1, 0.15) is 11.3 Å². The van der Waals surface area contributed by atoms with E-state index in [1.807, 2.05) is 24.3 Å². The first-order valence-corrected chi connectivity index (χ1v) is 9.06. The molecule has 4 heteroatoms. The van der Waals surface area contributed by atoms with E-state index >= 15 is 0 Å². The van der Waals surface area contributed by atoms with Gasteiger partial charge in [-0.1, -0.05) is 37.1 Å². The molecule has 1 aromatic heterocycles. The van der Waals surface area contributed by atoms with Gasteiger partial charge in [-0.2, -0.15) is 0 Å². The third kappa shape index (κ3) is 3.54. The van der Waals surface area contributed by atoms with Gasteiger partial charge in [-0.25, -0.2) is 4.98 Å². The molecule has 0 saturated carbocycles. The van der Waals surface area contributed by atoms with Crippen LogP contribution < -0.4 is 4.74 Å². The number of likely N-dealkylation sites (tertiary alicyclic amines) is 1. The largest absolute Gasteiger partial charge is 0.497 e. The number of benzene rings is 2. The van der Waals surface area contributed by atoms with Crippen molar-refractivity contribution in [1.82, 2.24) is 9.88 Å². The quantitative estimate of drug-likeness (QED) is 0.675. The van der Waals surface area contributed by atoms with Crippen LogP contribution in [-0.4, -0.2) is 23.5 Å². The molecule has 0 amide bonds. The van der Waals surface area contributed by atoms with Crippen LogP contribution >= 0.6 is 0 Å². The van der Waals surface area contributed by atoms with E-state index in [2.05, 4.69) is 34.1 Å². The highest BCUT2D eigenvalue weighted by Gasteiger charge is 2.24. The summed E-state index contributed by atoms with van der Waals surface area (Å²) in [5.41, 5.74) is 3.15. The molecule has 4 rings (SSSR count). The molecule has 1 atom stereocenters. The molecule has 3 aromatic rings. The summed E-state index contributed by atoms with van der Waals surface area (Å²) in [5.74, 6) is 1.71. The van der Waals surface area contributed by atoms with Gasteiger partial charge in [0.05, 0.1) is 13.7 Å². The standard InChI is InChI=1S/C21H24N2O2/c1-24-17-12-10-16(11-13-17)19-8-3-2-6-14-23(19)15-21-22-18-7-4-5-9-20(18)25-21/h4-5,7,9-13,19H,2-3,6,8,14-15H2,1H3. The van der Waals surface area contributed by atoms with Gasteiger partial charge in [-0.3, -0.25) is 4.90 Å². The Morgan fingerprint density at radius 1 is 1.08 bits per heavy atom. The number of rotatable bonds is 4. The van der Waals surface area contributed by atoms with Crippen molar-refractivity contribution in [2.24, 2.45) is 0 Å². The molecule has 1 aliphatic rings. The molecule has 4 nitrogen and oxygen atoms in total. The highest BCUT2D eigenvalue weighted by atomic mass is 16.5. The predicted molar refractivity (Wildman–Crippen MR) is 98.6 cm³/mol. The second-order valence-corrected chi connectivity index (χ2v) is 6.68. The lowest BCUT2D eigenvalue weighted by Gasteiger charge is -2.29. The van der Waals surface area contributed by atoms with Gasteiger partial charge in [-0.05, 0) is 49.2 Å². The first kappa shape index (κ1) is 16.2. The molecule has 2 aromatic carbocycles. The third-order valence-electron chi connectivity index (χ3n) is 5.04. The van der Waals surface area contributed by atoms with Crippen molar-refractivity contribution >= 4 is 11.1 Å². The lowest BCUT2D eigenvalue weighted by molar-refractivity contribution is 0.176. The summed E-state index contributed by atoms with van der Waals surface area (Å²) in [4.78, 5) is 7.18. The fourth-order valence-corrected chi connectivity index (χ4v) is 3.72. The zero-order valence-corrected chi connectivity index (χ0v) is 14.6. The van der Waals surface area contributed by atoms with Crippen molar-refractivity contribution in [2.45, 2.75) is 38.3 Å². The summed E-state index contributed by atoms with van der Waals surface area (Å²) < 4.78 is 11.3. The van der Waals surface area contributed by atoms with Crippen LogP contribution in [0.2, 0.25) is 0 Å². The van der Waals surface area contributed by atoms with Gasteiger partial charge in [0.25, 0.3) is 0 Å². The Morgan fingerprint density at radius 3 is 2.72 bits per heavy atom. The Bertz CT molecular complexity index is 792. The first-order valence-electron chi connectivity index (χ1n) is 9.06. The number of hydrogen-bond donors (Lipinski definition) is 0. The molecule has 1 fully saturated rings. The summed E-state index contributed by atoms with van der Waals surface area (Å²) in [6, 6.07) is 16.9.